The molecular weight excluding hydrogens is 416 g/mol. The Morgan fingerprint density at radius 3 is 2.64 bits per heavy atom. The number of unbranched alkanes of at least 4 members (excludes halogenated alkanes) is 1. The maximum atomic E-state index is 13.2. The van der Waals surface area contributed by atoms with Gasteiger partial charge < -0.3 is 4.90 Å². The van der Waals surface area contributed by atoms with Crippen molar-refractivity contribution in [2.24, 2.45) is 0 Å². The summed E-state index contributed by atoms with van der Waals surface area (Å²) in [5.41, 5.74) is 1.93. The highest BCUT2D eigenvalue weighted by molar-refractivity contribution is 8.26. The molecule has 1 aromatic rings. The number of carbonyl (C=O) groups excluding carboxylic acids is 2. The van der Waals surface area contributed by atoms with Crippen LogP contribution in [-0.2, 0) is 19.4 Å². The van der Waals surface area contributed by atoms with Gasteiger partial charge in [-0.05, 0) is 18.9 Å². The number of nitrogens with zero attached hydrogens (tertiary/aromatic N) is 2. The Labute approximate surface area is 173 Å². The van der Waals surface area contributed by atoms with E-state index in [1.807, 2.05) is 24.3 Å². The van der Waals surface area contributed by atoms with Crippen molar-refractivity contribution in [3.8, 4) is 0 Å². The van der Waals surface area contributed by atoms with Gasteiger partial charge in [0.1, 0.15) is 4.32 Å². The number of anilines is 1. The molecule has 0 radical (unpaired) electrons. The standard InChI is InChI=1S/C19H20N2O4S3/c1-2-3-9-20-14-7-5-4-6-13(14)15(17(20)22)16-18(23)21(19(26)27-16)12-8-10-28(24,25)11-12/h4-7,12H,2-3,8-11H2,1H3. The molecule has 2 fully saturated rings. The Bertz CT molecular complexity index is 1020. The number of para-hydroxylation sites is 1. The lowest BCUT2D eigenvalue weighted by Crippen LogP contribution is -2.39. The predicted octanol–water partition coefficient (Wildman–Crippen LogP) is 2.59. The van der Waals surface area contributed by atoms with Gasteiger partial charge >= 0.3 is 0 Å². The van der Waals surface area contributed by atoms with E-state index >= 15 is 0 Å². The van der Waals surface area contributed by atoms with Crippen LogP contribution in [0.4, 0.5) is 5.69 Å². The van der Waals surface area contributed by atoms with Gasteiger partial charge in [-0.25, -0.2) is 8.42 Å². The first-order chi connectivity index (χ1) is 13.3. The molecule has 2 amide bonds. The van der Waals surface area contributed by atoms with E-state index in [-0.39, 0.29) is 23.3 Å². The summed E-state index contributed by atoms with van der Waals surface area (Å²) in [6.07, 6.45) is 2.21. The van der Waals surface area contributed by atoms with Crippen LogP contribution in [0.15, 0.2) is 29.2 Å². The van der Waals surface area contributed by atoms with E-state index in [2.05, 4.69) is 6.92 Å². The summed E-state index contributed by atoms with van der Waals surface area (Å²) < 4.78 is 24.0. The van der Waals surface area contributed by atoms with Gasteiger partial charge in [0.15, 0.2) is 9.84 Å². The van der Waals surface area contributed by atoms with Gasteiger partial charge in [-0.2, -0.15) is 0 Å². The third kappa shape index (κ3) is 3.19. The monoisotopic (exact) mass is 436 g/mol. The molecule has 0 bridgehead atoms. The fourth-order valence-electron chi connectivity index (χ4n) is 3.86. The Kier molecular flexibility index (Phi) is 5.09. The number of hydrogen-bond donors (Lipinski definition) is 0. The number of rotatable bonds is 4. The molecule has 0 N–H and O–H groups in total. The van der Waals surface area contributed by atoms with Crippen LogP contribution in [-0.4, -0.2) is 53.5 Å². The molecule has 3 aliphatic heterocycles. The number of hydrogen-bond acceptors (Lipinski definition) is 6. The second-order valence-corrected chi connectivity index (χ2v) is 11.0. The molecule has 2 saturated heterocycles. The highest BCUT2D eigenvalue weighted by Gasteiger charge is 2.46. The number of fused-ring (bicyclic) bond motifs is 1. The molecule has 1 atom stereocenters. The number of thioether (sulfide) groups is 1. The summed E-state index contributed by atoms with van der Waals surface area (Å²) in [6, 6.07) is 7.02. The molecule has 3 aliphatic rings. The molecular formula is C19H20N2O4S3. The van der Waals surface area contributed by atoms with Crippen molar-refractivity contribution >= 4 is 61.2 Å². The van der Waals surface area contributed by atoms with Crippen LogP contribution < -0.4 is 4.90 Å². The second kappa shape index (κ2) is 7.27. The molecule has 28 heavy (non-hydrogen) atoms. The van der Waals surface area contributed by atoms with Crippen LogP contribution in [0.5, 0.6) is 0 Å². The first-order valence-corrected chi connectivity index (χ1v) is 12.3. The highest BCUT2D eigenvalue weighted by atomic mass is 32.2. The smallest absolute Gasteiger partial charge is 0.267 e. The molecule has 1 unspecified atom stereocenters. The largest absolute Gasteiger partial charge is 0.308 e. The summed E-state index contributed by atoms with van der Waals surface area (Å²) in [6.45, 7) is 2.66. The molecule has 148 valence electrons. The third-order valence-corrected chi connectivity index (χ3v) is 8.41. The first-order valence-electron chi connectivity index (χ1n) is 9.25. The van der Waals surface area contributed by atoms with Gasteiger partial charge in [0.25, 0.3) is 11.8 Å². The number of benzene rings is 1. The topological polar surface area (TPSA) is 74.8 Å². The van der Waals surface area contributed by atoms with Crippen molar-refractivity contribution in [3.05, 3.63) is 34.7 Å². The maximum absolute atomic E-state index is 13.2. The highest BCUT2D eigenvalue weighted by Crippen LogP contribution is 2.45. The zero-order chi connectivity index (χ0) is 20.1. The van der Waals surface area contributed by atoms with Gasteiger partial charge in [0.05, 0.1) is 33.7 Å². The van der Waals surface area contributed by atoms with Crippen molar-refractivity contribution in [2.75, 3.05) is 23.0 Å². The Morgan fingerprint density at radius 2 is 1.96 bits per heavy atom. The third-order valence-electron chi connectivity index (χ3n) is 5.26. The summed E-state index contributed by atoms with van der Waals surface area (Å²) in [5.74, 6) is -0.552. The molecule has 3 heterocycles. The van der Waals surface area contributed by atoms with Gasteiger partial charge in [0, 0.05) is 12.1 Å². The minimum atomic E-state index is -3.15. The van der Waals surface area contributed by atoms with E-state index < -0.39 is 15.9 Å². The van der Waals surface area contributed by atoms with Crippen molar-refractivity contribution in [3.63, 3.8) is 0 Å². The normalized spacial score (nSPS) is 26.5. The van der Waals surface area contributed by atoms with E-state index in [9.17, 15) is 18.0 Å². The lowest BCUT2D eigenvalue weighted by molar-refractivity contribution is -0.123. The minimum Gasteiger partial charge on any atom is -0.308 e. The van der Waals surface area contributed by atoms with Crippen molar-refractivity contribution in [1.82, 2.24) is 4.90 Å². The van der Waals surface area contributed by atoms with Gasteiger partial charge in [-0.3, -0.25) is 14.5 Å². The molecule has 1 aromatic carbocycles. The maximum Gasteiger partial charge on any atom is 0.267 e. The molecule has 0 saturated carbocycles. The van der Waals surface area contributed by atoms with Crippen LogP contribution in [0.2, 0.25) is 0 Å². The lowest BCUT2D eigenvalue weighted by atomic mass is 10.1. The molecule has 0 spiro atoms. The summed E-state index contributed by atoms with van der Waals surface area (Å²) in [7, 11) is -3.15. The molecule has 4 rings (SSSR count). The van der Waals surface area contributed by atoms with Crippen LogP contribution in [0.1, 0.15) is 31.7 Å². The summed E-state index contributed by atoms with van der Waals surface area (Å²) >= 11 is 6.50. The van der Waals surface area contributed by atoms with Crippen molar-refractivity contribution < 1.29 is 18.0 Å². The van der Waals surface area contributed by atoms with Crippen molar-refractivity contribution in [1.29, 1.82) is 0 Å². The van der Waals surface area contributed by atoms with Gasteiger partial charge in [0.2, 0.25) is 0 Å². The van der Waals surface area contributed by atoms with Crippen LogP contribution >= 0.6 is 24.0 Å². The van der Waals surface area contributed by atoms with E-state index in [4.69, 9.17) is 12.2 Å². The average molecular weight is 437 g/mol. The summed E-state index contributed by atoms with van der Waals surface area (Å²) in [5, 5.41) is 0. The number of sulfone groups is 1. The fraction of sp³-hybridized carbons (Fsp3) is 0.421. The van der Waals surface area contributed by atoms with Crippen LogP contribution in [0.25, 0.3) is 5.57 Å². The second-order valence-electron chi connectivity index (χ2n) is 7.13. The zero-order valence-electron chi connectivity index (χ0n) is 15.4. The lowest BCUT2D eigenvalue weighted by Gasteiger charge is -2.21. The van der Waals surface area contributed by atoms with Crippen LogP contribution in [0.3, 0.4) is 0 Å². The fourth-order valence-corrected chi connectivity index (χ4v) is 7.03. The van der Waals surface area contributed by atoms with Crippen LogP contribution in [0, 0.1) is 0 Å². The SMILES string of the molecule is CCCCN1C(=O)C(=C2SC(=S)N(C3CCS(=O)(=O)C3)C2=O)c2ccccc21. The molecule has 6 nitrogen and oxygen atoms in total. The Hall–Kier alpha value is -1.71. The number of thiocarbonyl (C=S) groups is 1. The molecule has 0 aromatic heterocycles. The Balaban J connectivity index is 1.74. The predicted molar refractivity (Wildman–Crippen MR) is 115 cm³/mol. The van der Waals surface area contributed by atoms with Gasteiger partial charge in [-0.1, -0.05) is 55.5 Å². The van der Waals surface area contributed by atoms with E-state index in [0.717, 1.165) is 35.9 Å². The quantitative estimate of drug-likeness (QED) is 0.534. The molecule has 0 aliphatic carbocycles. The number of carbonyl (C=O) groups is 2. The van der Waals surface area contributed by atoms with E-state index in [0.29, 0.717) is 27.8 Å². The summed E-state index contributed by atoms with van der Waals surface area (Å²) in [4.78, 5) is 29.8. The zero-order valence-corrected chi connectivity index (χ0v) is 17.8. The average Bonchev–Trinajstić information content (AvgIpc) is 3.24. The van der Waals surface area contributed by atoms with E-state index in [1.165, 1.54) is 4.90 Å². The van der Waals surface area contributed by atoms with Gasteiger partial charge in [-0.15, -0.1) is 0 Å². The first kappa shape index (κ1) is 19.6. The minimum absolute atomic E-state index is 0.0627. The van der Waals surface area contributed by atoms with Crippen molar-refractivity contribution in [2.45, 2.75) is 32.2 Å². The van der Waals surface area contributed by atoms with E-state index in [1.54, 1.807) is 4.90 Å². The Morgan fingerprint density at radius 1 is 1.21 bits per heavy atom. The molecule has 9 heteroatoms. The number of amides is 2.